The Morgan fingerprint density at radius 1 is 1.40 bits per heavy atom. The quantitative estimate of drug-likeness (QED) is 0.936. The zero-order chi connectivity index (χ0) is 14.1. The van der Waals surface area contributed by atoms with E-state index >= 15 is 0 Å². The summed E-state index contributed by atoms with van der Waals surface area (Å²) in [5.74, 6) is 0. The number of hydrogen-bond acceptors (Lipinski definition) is 4. The van der Waals surface area contributed by atoms with Crippen LogP contribution in [0.1, 0.15) is 5.56 Å². The van der Waals surface area contributed by atoms with Gasteiger partial charge in [0.15, 0.2) is 0 Å². The van der Waals surface area contributed by atoms with Crippen LogP contribution >= 0.6 is 11.3 Å². The van der Waals surface area contributed by atoms with Crippen LogP contribution in [0.2, 0.25) is 0 Å². The Kier molecular flexibility index (Phi) is 3.63. The van der Waals surface area contributed by atoms with E-state index in [4.69, 9.17) is 0 Å². The van der Waals surface area contributed by atoms with E-state index < -0.39 is 0 Å². The van der Waals surface area contributed by atoms with Crippen molar-refractivity contribution in [1.29, 1.82) is 0 Å². The second-order valence-electron chi connectivity index (χ2n) is 5.39. The van der Waals surface area contributed by atoms with Crippen LogP contribution < -0.4 is 10.2 Å². The minimum absolute atomic E-state index is 0.125. The third-order valence-electron chi connectivity index (χ3n) is 3.66. The first-order chi connectivity index (χ1) is 9.65. The van der Waals surface area contributed by atoms with Crippen molar-refractivity contribution in [3.05, 3.63) is 38.8 Å². The highest BCUT2D eigenvalue weighted by molar-refractivity contribution is 7.07. The minimum Gasteiger partial charge on any atom is -0.384 e. The van der Waals surface area contributed by atoms with Crippen molar-refractivity contribution in [1.82, 2.24) is 9.47 Å². The number of rotatable bonds is 4. The summed E-state index contributed by atoms with van der Waals surface area (Å²) in [5.41, 5.74) is 4.76. The van der Waals surface area contributed by atoms with Gasteiger partial charge in [0.05, 0.1) is 5.69 Å². The number of fused-ring (bicyclic) bond motifs is 1. The van der Waals surface area contributed by atoms with E-state index in [0.717, 1.165) is 37.3 Å². The van der Waals surface area contributed by atoms with Gasteiger partial charge in [-0.1, -0.05) is 17.4 Å². The maximum Gasteiger partial charge on any atom is 0.307 e. The molecular formula is C15H19N3OS. The standard InChI is InChI=1S/C15H19N3OS/c1-17(2)7-8-18-14(10-20-15(18)19)12-3-4-13-11(9-12)5-6-16-13/h3-4,9-10,16H,5-8H2,1-2H3. The molecule has 3 rings (SSSR count). The van der Waals surface area contributed by atoms with Crippen molar-refractivity contribution in [3.63, 3.8) is 0 Å². The first-order valence-electron chi connectivity index (χ1n) is 6.85. The molecule has 1 aliphatic heterocycles. The molecule has 0 atom stereocenters. The molecule has 0 aliphatic carbocycles. The van der Waals surface area contributed by atoms with E-state index in [1.54, 1.807) is 0 Å². The zero-order valence-electron chi connectivity index (χ0n) is 11.8. The van der Waals surface area contributed by atoms with E-state index in [0.29, 0.717) is 0 Å². The summed E-state index contributed by atoms with van der Waals surface area (Å²) >= 11 is 1.28. The summed E-state index contributed by atoms with van der Waals surface area (Å²) in [7, 11) is 4.05. The fourth-order valence-corrected chi connectivity index (χ4v) is 3.32. The molecule has 1 aliphatic rings. The van der Waals surface area contributed by atoms with Crippen molar-refractivity contribution in [2.75, 3.05) is 32.5 Å². The van der Waals surface area contributed by atoms with E-state index in [1.807, 2.05) is 24.0 Å². The number of likely N-dealkylation sites (N-methyl/N-ethyl adjacent to an activating group) is 1. The second kappa shape index (κ2) is 5.42. The fraction of sp³-hybridized carbons (Fsp3) is 0.400. The van der Waals surface area contributed by atoms with Gasteiger partial charge >= 0.3 is 4.87 Å². The Morgan fingerprint density at radius 3 is 3.05 bits per heavy atom. The molecule has 106 valence electrons. The molecule has 0 saturated carbocycles. The van der Waals surface area contributed by atoms with Crippen LogP contribution in [0.5, 0.6) is 0 Å². The predicted molar refractivity (Wildman–Crippen MR) is 84.8 cm³/mol. The Labute approximate surface area is 122 Å². The molecule has 2 heterocycles. The van der Waals surface area contributed by atoms with E-state index in [9.17, 15) is 4.79 Å². The number of nitrogens with zero attached hydrogens (tertiary/aromatic N) is 2. The van der Waals surface area contributed by atoms with Gasteiger partial charge in [0.2, 0.25) is 0 Å². The summed E-state index contributed by atoms with van der Waals surface area (Å²) in [6.07, 6.45) is 1.06. The number of benzene rings is 1. The lowest BCUT2D eigenvalue weighted by atomic mass is 10.1. The molecule has 4 nitrogen and oxygen atoms in total. The molecule has 5 heteroatoms. The van der Waals surface area contributed by atoms with Gasteiger partial charge in [0.25, 0.3) is 0 Å². The van der Waals surface area contributed by atoms with Crippen LogP contribution in [0.25, 0.3) is 11.3 Å². The summed E-state index contributed by atoms with van der Waals surface area (Å²) in [6, 6.07) is 6.43. The molecule has 1 N–H and O–H groups in total. The van der Waals surface area contributed by atoms with Crippen LogP contribution in [0.3, 0.4) is 0 Å². The Bertz CT molecular complexity index is 672. The molecule has 0 saturated heterocycles. The normalized spacial score (nSPS) is 13.6. The summed E-state index contributed by atoms with van der Waals surface area (Å²) in [6.45, 7) is 2.62. The molecule has 0 radical (unpaired) electrons. The van der Waals surface area contributed by atoms with Crippen molar-refractivity contribution >= 4 is 17.0 Å². The molecule has 0 amide bonds. The molecule has 0 fully saturated rings. The maximum absolute atomic E-state index is 12.0. The van der Waals surface area contributed by atoms with Crippen LogP contribution in [-0.4, -0.2) is 36.7 Å². The van der Waals surface area contributed by atoms with Crippen molar-refractivity contribution in [2.45, 2.75) is 13.0 Å². The minimum atomic E-state index is 0.125. The molecule has 2 aromatic rings. The molecular weight excluding hydrogens is 270 g/mol. The SMILES string of the molecule is CN(C)CCn1c(-c2ccc3c(c2)CCN3)csc1=O. The predicted octanol–water partition coefficient (Wildman–Crippen LogP) is 2.11. The topological polar surface area (TPSA) is 37.3 Å². The van der Waals surface area contributed by atoms with Crippen molar-refractivity contribution in [3.8, 4) is 11.3 Å². The highest BCUT2D eigenvalue weighted by Gasteiger charge is 2.14. The lowest BCUT2D eigenvalue weighted by molar-refractivity contribution is 0.383. The number of hydrogen-bond donors (Lipinski definition) is 1. The molecule has 0 unspecified atom stereocenters. The average molecular weight is 289 g/mol. The number of thiazole rings is 1. The number of anilines is 1. The molecule has 0 spiro atoms. The third-order valence-corrected chi connectivity index (χ3v) is 4.43. The van der Waals surface area contributed by atoms with Crippen LogP contribution in [0.4, 0.5) is 5.69 Å². The van der Waals surface area contributed by atoms with Gasteiger partial charge in [-0.2, -0.15) is 0 Å². The highest BCUT2D eigenvalue weighted by atomic mass is 32.1. The molecule has 1 aromatic heterocycles. The maximum atomic E-state index is 12.0. The van der Waals surface area contributed by atoms with Gasteiger partial charge in [-0.15, -0.1) is 0 Å². The van der Waals surface area contributed by atoms with E-state index in [2.05, 4.69) is 28.4 Å². The number of aromatic nitrogens is 1. The van der Waals surface area contributed by atoms with Gasteiger partial charge in [-0.05, 0) is 43.8 Å². The van der Waals surface area contributed by atoms with E-state index in [-0.39, 0.29) is 4.87 Å². The Morgan fingerprint density at radius 2 is 2.25 bits per heavy atom. The van der Waals surface area contributed by atoms with Gasteiger partial charge in [-0.3, -0.25) is 9.36 Å². The highest BCUT2D eigenvalue weighted by Crippen LogP contribution is 2.28. The monoisotopic (exact) mass is 289 g/mol. The first kappa shape index (κ1) is 13.4. The van der Waals surface area contributed by atoms with Gasteiger partial charge < -0.3 is 10.2 Å². The van der Waals surface area contributed by atoms with Gasteiger partial charge in [0, 0.05) is 30.7 Å². The van der Waals surface area contributed by atoms with Crippen LogP contribution in [0, 0.1) is 0 Å². The first-order valence-corrected chi connectivity index (χ1v) is 7.73. The second-order valence-corrected chi connectivity index (χ2v) is 6.21. The average Bonchev–Trinajstić information content (AvgIpc) is 3.01. The smallest absolute Gasteiger partial charge is 0.307 e. The van der Waals surface area contributed by atoms with Crippen molar-refractivity contribution < 1.29 is 0 Å². The molecule has 20 heavy (non-hydrogen) atoms. The lowest BCUT2D eigenvalue weighted by Crippen LogP contribution is -2.23. The summed E-state index contributed by atoms with van der Waals surface area (Å²) in [4.78, 5) is 14.2. The van der Waals surface area contributed by atoms with E-state index in [1.165, 1.54) is 22.6 Å². The largest absolute Gasteiger partial charge is 0.384 e. The lowest BCUT2D eigenvalue weighted by Gasteiger charge is -2.12. The van der Waals surface area contributed by atoms with Gasteiger partial charge in [0.1, 0.15) is 0 Å². The van der Waals surface area contributed by atoms with Crippen LogP contribution in [0.15, 0.2) is 28.4 Å². The van der Waals surface area contributed by atoms with Gasteiger partial charge in [-0.25, -0.2) is 0 Å². The Hall–Kier alpha value is -1.59. The van der Waals surface area contributed by atoms with Crippen LogP contribution in [-0.2, 0) is 13.0 Å². The summed E-state index contributed by atoms with van der Waals surface area (Å²) in [5, 5.41) is 5.34. The molecule has 1 aromatic carbocycles. The zero-order valence-corrected chi connectivity index (χ0v) is 12.7. The molecule has 0 bridgehead atoms. The summed E-state index contributed by atoms with van der Waals surface area (Å²) < 4.78 is 1.88. The number of nitrogens with one attached hydrogen (secondary N) is 1. The fourth-order valence-electron chi connectivity index (χ4n) is 2.53. The Balaban J connectivity index is 1.96. The third kappa shape index (κ3) is 2.51. The van der Waals surface area contributed by atoms with Crippen molar-refractivity contribution in [2.24, 2.45) is 0 Å².